The van der Waals surface area contributed by atoms with Crippen LogP contribution in [-0.2, 0) is 9.47 Å². The molecular formula is C25H28BNO9. The van der Waals surface area contributed by atoms with Crippen LogP contribution in [0.3, 0.4) is 0 Å². The molecule has 11 heteroatoms. The van der Waals surface area contributed by atoms with Crippen LogP contribution in [0.1, 0.15) is 42.6 Å². The number of nitrogens with one attached hydrogen (secondary N) is 1. The topological polar surface area (TPSA) is 148 Å². The minimum Gasteiger partial charge on any atom is -0.505 e. The Labute approximate surface area is 207 Å². The summed E-state index contributed by atoms with van der Waals surface area (Å²) in [5.74, 6) is -0.687. The van der Waals surface area contributed by atoms with E-state index in [1.54, 1.807) is 20.1 Å². The normalized spacial score (nSPS) is 19.2. The molecule has 2 heterocycles. The molecule has 1 amide bonds. The molecule has 0 aliphatic carbocycles. The molecular weight excluding hydrogens is 469 g/mol. The smallest absolute Gasteiger partial charge is 0.488 e. The van der Waals surface area contributed by atoms with E-state index in [2.05, 4.69) is 5.32 Å². The second-order valence-corrected chi connectivity index (χ2v) is 9.20. The molecule has 2 atom stereocenters. The Morgan fingerprint density at radius 1 is 1.14 bits per heavy atom. The van der Waals surface area contributed by atoms with Crippen LogP contribution in [0, 0.1) is 6.92 Å². The van der Waals surface area contributed by atoms with Crippen molar-refractivity contribution in [3.05, 3.63) is 57.9 Å². The zero-order valence-electron chi connectivity index (χ0n) is 20.4. The maximum atomic E-state index is 12.7. The number of aromatic hydroxyl groups is 1. The maximum absolute atomic E-state index is 12.7. The third kappa shape index (κ3) is 4.96. The first-order valence-corrected chi connectivity index (χ1v) is 11.5. The lowest BCUT2D eigenvalue weighted by Gasteiger charge is -2.41. The highest BCUT2D eigenvalue weighted by Gasteiger charge is 2.39. The third-order valence-electron chi connectivity index (χ3n) is 6.37. The number of hydrogen-bond acceptors (Lipinski definition) is 9. The van der Waals surface area contributed by atoms with E-state index in [9.17, 15) is 24.7 Å². The Hall–Kier alpha value is -3.38. The molecule has 0 unspecified atom stereocenters. The lowest BCUT2D eigenvalue weighted by Crippen LogP contribution is -2.49. The van der Waals surface area contributed by atoms with Gasteiger partial charge in [0.15, 0.2) is 11.4 Å². The van der Waals surface area contributed by atoms with Crippen LogP contribution in [0.2, 0.25) is 0 Å². The molecule has 1 aliphatic heterocycles. The molecule has 4 rings (SSSR count). The molecule has 1 fully saturated rings. The molecule has 1 aliphatic rings. The summed E-state index contributed by atoms with van der Waals surface area (Å²) >= 11 is 0. The summed E-state index contributed by atoms with van der Waals surface area (Å²) in [6.07, 6.45) is 0.776. The number of rotatable bonds is 6. The molecule has 2 aromatic carbocycles. The van der Waals surface area contributed by atoms with Gasteiger partial charge in [0, 0.05) is 24.7 Å². The molecule has 0 spiro atoms. The molecule has 36 heavy (non-hydrogen) atoms. The Bertz CT molecular complexity index is 1330. The van der Waals surface area contributed by atoms with Crippen molar-refractivity contribution < 1.29 is 38.6 Å². The standard InChI is InChI=1S/C25H28BNO9/c1-13-17(34-19-12-11-18(33-4)25(2,3)36-19)10-9-16-21(28)20(24(30)35-22(13)16)27-23(29)14-5-7-15(8-6-14)26(31)32/h5-10,18-19,28,31-32H,11-12H2,1-4H3,(H,27,29)/t18-,19-/m1/s1. The van der Waals surface area contributed by atoms with Gasteiger partial charge in [-0.15, -0.1) is 0 Å². The van der Waals surface area contributed by atoms with Crippen molar-refractivity contribution in [2.75, 3.05) is 12.4 Å². The fraction of sp³-hybridized carbons (Fsp3) is 0.360. The van der Waals surface area contributed by atoms with E-state index in [1.165, 1.54) is 30.3 Å². The van der Waals surface area contributed by atoms with Gasteiger partial charge in [0.1, 0.15) is 11.3 Å². The summed E-state index contributed by atoms with van der Waals surface area (Å²) in [5.41, 5.74) is -0.925. The molecule has 1 aromatic heterocycles. The summed E-state index contributed by atoms with van der Waals surface area (Å²) in [5, 5.41) is 31.7. The second-order valence-electron chi connectivity index (χ2n) is 9.20. The number of amides is 1. The predicted molar refractivity (Wildman–Crippen MR) is 133 cm³/mol. The van der Waals surface area contributed by atoms with Gasteiger partial charge in [-0.1, -0.05) is 12.1 Å². The highest BCUT2D eigenvalue weighted by Crippen LogP contribution is 2.37. The van der Waals surface area contributed by atoms with Crippen molar-refractivity contribution in [3.63, 3.8) is 0 Å². The van der Waals surface area contributed by atoms with Crippen molar-refractivity contribution in [1.29, 1.82) is 0 Å². The Morgan fingerprint density at radius 2 is 1.83 bits per heavy atom. The number of benzene rings is 2. The first kappa shape index (κ1) is 25.7. The van der Waals surface area contributed by atoms with Crippen LogP contribution in [0.25, 0.3) is 11.0 Å². The zero-order valence-corrected chi connectivity index (χ0v) is 20.4. The minimum atomic E-state index is -1.67. The van der Waals surface area contributed by atoms with Crippen molar-refractivity contribution >= 4 is 35.1 Å². The third-order valence-corrected chi connectivity index (χ3v) is 6.37. The zero-order chi connectivity index (χ0) is 26.2. The number of carbonyl (C=O) groups excluding carboxylic acids is 1. The molecule has 10 nitrogen and oxygen atoms in total. The number of fused-ring (bicyclic) bond motifs is 1. The summed E-state index contributed by atoms with van der Waals surface area (Å²) in [6.45, 7) is 5.56. The Kier molecular flexibility index (Phi) is 7.10. The largest absolute Gasteiger partial charge is 0.505 e. The van der Waals surface area contributed by atoms with Gasteiger partial charge in [-0.25, -0.2) is 4.79 Å². The molecule has 0 saturated carbocycles. The van der Waals surface area contributed by atoms with Crippen LogP contribution in [-0.4, -0.2) is 53.3 Å². The van der Waals surface area contributed by atoms with Crippen LogP contribution in [0.15, 0.2) is 45.6 Å². The predicted octanol–water partition coefficient (Wildman–Crippen LogP) is 2.05. The molecule has 3 aromatic rings. The lowest BCUT2D eigenvalue weighted by molar-refractivity contribution is -0.233. The van der Waals surface area contributed by atoms with Gasteiger partial charge in [0.05, 0.1) is 17.1 Å². The van der Waals surface area contributed by atoms with E-state index in [0.29, 0.717) is 17.7 Å². The summed E-state index contributed by atoms with van der Waals surface area (Å²) in [4.78, 5) is 25.3. The average Bonchev–Trinajstić information content (AvgIpc) is 2.83. The highest BCUT2D eigenvalue weighted by molar-refractivity contribution is 6.58. The van der Waals surface area contributed by atoms with Gasteiger partial charge in [-0.3, -0.25) is 4.79 Å². The van der Waals surface area contributed by atoms with Crippen LogP contribution >= 0.6 is 0 Å². The quantitative estimate of drug-likeness (QED) is 0.297. The van der Waals surface area contributed by atoms with Crippen molar-refractivity contribution in [2.24, 2.45) is 0 Å². The Balaban J connectivity index is 1.58. The van der Waals surface area contributed by atoms with E-state index >= 15 is 0 Å². The first-order valence-electron chi connectivity index (χ1n) is 11.5. The van der Waals surface area contributed by atoms with Crippen molar-refractivity contribution in [2.45, 2.75) is 51.6 Å². The van der Waals surface area contributed by atoms with Gasteiger partial charge < -0.3 is 39.1 Å². The second kappa shape index (κ2) is 9.94. The number of hydrogen-bond donors (Lipinski definition) is 4. The summed E-state index contributed by atoms with van der Waals surface area (Å²) in [7, 11) is -0.0254. The van der Waals surface area contributed by atoms with E-state index in [0.717, 1.165) is 6.42 Å². The number of carbonyl (C=O) groups is 1. The Morgan fingerprint density at radius 3 is 2.44 bits per heavy atom. The average molecular weight is 497 g/mol. The van der Waals surface area contributed by atoms with Crippen LogP contribution < -0.4 is 21.1 Å². The monoisotopic (exact) mass is 497 g/mol. The summed E-state index contributed by atoms with van der Waals surface area (Å²) in [6, 6.07) is 8.62. The fourth-order valence-electron chi connectivity index (χ4n) is 4.33. The number of aryl methyl sites for hydroxylation is 1. The van der Waals surface area contributed by atoms with Crippen LogP contribution in [0.4, 0.5) is 5.69 Å². The first-order chi connectivity index (χ1) is 17.0. The number of methoxy groups -OCH3 is 1. The summed E-state index contributed by atoms with van der Waals surface area (Å²) < 4.78 is 23.1. The van der Waals surface area contributed by atoms with E-state index in [1.807, 2.05) is 13.8 Å². The molecule has 190 valence electrons. The van der Waals surface area contributed by atoms with Gasteiger partial charge in [0.2, 0.25) is 6.29 Å². The van der Waals surface area contributed by atoms with Gasteiger partial charge in [-0.05, 0) is 56.9 Å². The molecule has 1 saturated heterocycles. The maximum Gasteiger partial charge on any atom is 0.488 e. The van der Waals surface area contributed by atoms with Crippen molar-refractivity contribution in [1.82, 2.24) is 0 Å². The minimum absolute atomic E-state index is 0.0575. The SMILES string of the molecule is CO[C@@H]1CC[C@H](Oc2ccc3c(O)c(NC(=O)c4ccc(B(O)O)cc4)c(=O)oc3c2C)OC1(C)C. The fourth-order valence-corrected chi connectivity index (χ4v) is 4.33. The van der Waals surface area contributed by atoms with Gasteiger partial charge in [0.25, 0.3) is 5.91 Å². The van der Waals surface area contributed by atoms with Crippen molar-refractivity contribution in [3.8, 4) is 11.5 Å². The van der Waals surface area contributed by atoms with E-state index in [-0.39, 0.29) is 28.1 Å². The number of ether oxygens (including phenoxy) is 3. The molecule has 4 N–H and O–H groups in total. The molecule has 0 bridgehead atoms. The van der Waals surface area contributed by atoms with Crippen LogP contribution in [0.5, 0.6) is 11.5 Å². The number of anilines is 1. The van der Waals surface area contributed by atoms with E-state index < -0.39 is 42.0 Å². The highest BCUT2D eigenvalue weighted by atomic mass is 16.7. The molecule has 0 radical (unpaired) electrons. The lowest BCUT2D eigenvalue weighted by atomic mass is 9.80. The van der Waals surface area contributed by atoms with E-state index in [4.69, 9.17) is 18.6 Å². The van der Waals surface area contributed by atoms with Gasteiger partial charge >= 0.3 is 12.7 Å². The van der Waals surface area contributed by atoms with Gasteiger partial charge in [-0.2, -0.15) is 0 Å².